The number of amides is 1. The first-order valence-corrected chi connectivity index (χ1v) is 16.6. The van der Waals surface area contributed by atoms with Crippen LogP contribution in [0.5, 0.6) is 0 Å². The number of halogens is 8. The van der Waals surface area contributed by atoms with E-state index in [1.807, 2.05) is 0 Å². The molecule has 3 atom stereocenters. The van der Waals surface area contributed by atoms with Gasteiger partial charge in [-0.05, 0) is 48.6 Å². The van der Waals surface area contributed by atoms with Crippen molar-refractivity contribution < 1.29 is 35.5 Å². The van der Waals surface area contributed by atoms with Crippen LogP contribution in [0.2, 0.25) is 5.02 Å². The second kappa shape index (κ2) is 12.0. The summed E-state index contributed by atoms with van der Waals surface area (Å²) in [6.07, 6.45) is -2.20. The highest BCUT2D eigenvalue weighted by Gasteiger charge is 2.68. The maximum atomic E-state index is 15.3. The summed E-state index contributed by atoms with van der Waals surface area (Å²) in [6.45, 7) is -1.01. The molecule has 18 heteroatoms. The summed E-state index contributed by atoms with van der Waals surface area (Å²) in [5, 5.41) is 15.4. The molecule has 274 valence electrons. The Morgan fingerprint density at radius 1 is 1.08 bits per heavy atom. The molecule has 1 fully saturated rings. The summed E-state index contributed by atoms with van der Waals surface area (Å²) >= 11 is 6.51. The number of hydrogen-bond acceptors (Lipinski definition) is 6. The van der Waals surface area contributed by atoms with Gasteiger partial charge in [-0.3, -0.25) is 18.8 Å². The molecule has 1 saturated carbocycles. The predicted octanol–water partition coefficient (Wildman–Crippen LogP) is 7.07. The van der Waals surface area contributed by atoms with Crippen LogP contribution in [0.4, 0.5) is 36.6 Å². The standard InChI is InChI=1S/C35H27ClF7N9O/c1-50-13-16(12-45-50)24-6-4-19(20-3-5-23(36)28-30(20)51(2)49-33(28)44)29(47-24)25(9-15-7-17(37)10-18(38)8-15)46-26(53)14-52-32-27(31(48-52)35(41,42)43)21-11-22(21)34(32,39)40/h3-8,10,12-13,21-22,25H,9,11,14H2,1-2H3,(H2,44,49)(H,46,53)/t21-,22+,25-/m0/s1. The Kier molecular flexibility index (Phi) is 7.87. The van der Waals surface area contributed by atoms with Crippen molar-refractivity contribution in [3.63, 3.8) is 0 Å². The number of benzene rings is 2. The Balaban J connectivity index is 1.27. The summed E-state index contributed by atoms with van der Waals surface area (Å²) in [4.78, 5) is 18.8. The second-order valence-corrected chi connectivity index (χ2v) is 13.7. The smallest absolute Gasteiger partial charge is 0.382 e. The lowest BCUT2D eigenvalue weighted by Crippen LogP contribution is -2.35. The van der Waals surface area contributed by atoms with E-state index >= 15 is 8.78 Å². The second-order valence-electron chi connectivity index (χ2n) is 13.3. The molecule has 6 aromatic rings. The van der Waals surface area contributed by atoms with Crippen LogP contribution in [-0.2, 0) is 44.0 Å². The van der Waals surface area contributed by atoms with Crippen LogP contribution in [-0.4, -0.2) is 40.2 Å². The van der Waals surface area contributed by atoms with Gasteiger partial charge in [-0.15, -0.1) is 0 Å². The number of fused-ring (bicyclic) bond motifs is 4. The SMILES string of the molecule is Cn1cc(-c2ccc(-c3ccc(Cl)c4c(N)nn(C)c34)c([C@H](Cc3cc(F)cc(F)c3)NC(=O)Cn3nc(C(F)(F)F)c4c3C(F)(F)[C@@H]3C[C@H]43)n2)cn1. The summed E-state index contributed by atoms with van der Waals surface area (Å²) in [5.41, 5.74) is 5.78. The zero-order chi connectivity index (χ0) is 37.7. The molecule has 2 aromatic carbocycles. The number of carbonyl (C=O) groups is 1. The highest BCUT2D eigenvalue weighted by molar-refractivity contribution is 6.37. The third-order valence-corrected chi connectivity index (χ3v) is 10.0. The molecule has 2 aliphatic carbocycles. The largest absolute Gasteiger partial charge is 0.435 e. The summed E-state index contributed by atoms with van der Waals surface area (Å²) in [6, 6.07) is 8.19. The first kappa shape index (κ1) is 34.6. The van der Waals surface area contributed by atoms with E-state index in [1.165, 1.54) is 9.36 Å². The van der Waals surface area contributed by atoms with Crippen molar-refractivity contribution in [1.29, 1.82) is 0 Å². The third kappa shape index (κ3) is 5.86. The molecule has 0 radical (unpaired) electrons. The average Bonchev–Trinajstić information content (AvgIpc) is 3.30. The van der Waals surface area contributed by atoms with Crippen molar-refractivity contribution in [2.24, 2.45) is 20.0 Å². The number of rotatable bonds is 8. The molecular weight excluding hydrogens is 731 g/mol. The lowest BCUT2D eigenvalue weighted by atomic mass is 9.93. The predicted molar refractivity (Wildman–Crippen MR) is 178 cm³/mol. The minimum absolute atomic E-state index is 0.0873. The first-order valence-electron chi connectivity index (χ1n) is 16.2. The lowest BCUT2D eigenvalue weighted by Gasteiger charge is -2.23. The van der Waals surface area contributed by atoms with Gasteiger partial charge in [-0.1, -0.05) is 23.7 Å². The van der Waals surface area contributed by atoms with Crippen molar-refractivity contribution in [3.05, 3.63) is 99.7 Å². The van der Waals surface area contributed by atoms with E-state index in [4.69, 9.17) is 22.3 Å². The van der Waals surface area contributed by atoms with Gasteiger partial charge in [-0.25, -0.2) is 13.8 Å². The number of aryl methyl sites for hydroxylation is 2. The Labute approximate surface area is 300 Å². The van der Waals surface area contributed by atoms with Gasteiger partial charge in [0.2, 0.25) is 5.91 Å². The van der Waals surface area contributed by atoms with E-state index < -0.39 is 71.0 Å². The van der Waals surface area contributed by atoms with Crippen molar-refractivity contribution in [2.45, 2.75) is 43.4 Å². The Morgan fingerprint density at radius 2 is 1.79 bits per heavy atom. The van der Waals surface area contributed by atoms with Crippen LogP contribution in [0.1, 0.15) is 46.6 Å². The van der Waals surface area contributed by atoms with Crippen molar-refractivity contribution in [3.8, 4) is 22.4 Å². The monoisotopic (exact) mass is 757 g/mol. The van der Waals surface area contributed by atoms with E-state index in [1.54, 1.807) is 50.8 Å². The number of nitrogens with two attached hydrogens (primary N) is 1. The molecule has 0 spiro atoms. The van der Waals surface area contributed by atoms with E-state index in [9.17, 15) is 26.7 Å². The number of anilines is 1. The van der Waals surface area contributed by atoms with Gasteiger partial charge in [0.15, 0.2) is 11.5 Å². The number of pyridine rings is 1. The number of alkyl halides is 5. The number of hydrogen-bond donors (Lipinski definition) is 2. The number of aromatic nitrogens is 7. The molecule has 0 unspecified atom stereocenters. The van der Waals surface area contributed by atoms with E-state index in [-0.39, 0.29) is 29.9 Å². The van der Waals surface area contributed by atoms with Crippen LogP contribution in [0.15, 0.2) is 54.9 Å². The average molecular weight is 758 g/mol. The van der Waals surface area contributed by atoms with Gasteiger partial charge < -0.3 is 11.1 Å². The zero-order valence-corrected chi connectivity index (χ0v) is 28.4. The molecule has 1 amide bonds. The lowest BCUT2D eigenvalue weighted by molar-refractivity contribution is -0.142. The van der Waals surface area contributed by atoms with Gasteiger partial charge in [-0.2, -0.15) is 37.2 Å². The van der Waals surface area contributed by atoms with Gasteiger partial charge in [0, 0.05) is 54.5 Å². The minimum atomic E-state index is -5.03. The molecule has 4 heterocycles. The fourth-order valence-corrected chi connectivity index (χ4v) is 7.71. The fraction of sp³-hybridized carbons (Fsp3) is 0.286. The number of nitrogen functional groups attached to an aromatic ring is 1. The fourth-order valence-electron chi connectivity index (χ4n) is 7.46. The van der Waals surface area contributed by atoms with Crippen LogP contribution in [0, 0.1) is 17.6 Å². The Bertz CT molecular complexity index is 2450. The maximum Gasteiger partial charge on any atom is 0.435 e. The number of nitrogens with one attached hydrogen (secondary N) is 1. The van der Waals surface area contributed by atoms with Gasteiger partial charge >= 0.3 is 6.18 Å². The maximum absolute atomic E-state index is 15.3. The number of nitrogens with zero attached hydrogens (tertiary/aromatic N) is 7. The van der Waals surface area contributed by atoms with Gasteiger partial charge in [0.25, 0.3) is 5.92 Å². The van der Waals surface area contributed by atoms with E-state index in [0.29, 0.717) is 49.1 Å². The minimum Gasteiger partial charge on any atom is -0.382 e. The van der Waals surface area contributed by atoms with Crippen molar-refractivity contribution in [2.75, 3.05) is 5.73 Å². The topological polar surface area (TPSA) is 121 Å². The molecule has 8 rings (SSSR count). The Hall–Kier alpha value is -5.45. The van der Waals surface area contributed by atoms with Crippen LogP contribution < -0.4 is 11.1 Å². The van der Waals surface area contributed by atoms with Crippen molar-refractivity contribution in [1.82, 2.24) is 39.6 Å². The first-order chi connectivity index (χ1) is 25.0. The summed E-state index contributed by atoms with van der Waals surface area (Å²) < 4.78 is 105. The summed E-state index contributed by atoms with van der Waals surface area (Å²) in [5.74, 6) is -8.63. The molecule has 2 aliphatic rings. The van der Waals surface area contributed by atoms with Crippen LogP contribution in [0.3, 0.4) is 0 Å². The molecule has 3 N–H and O–H groups in total. The molecule has 0 bridgehead atoms. The van der Waals surface area contributed by atoms with Crippen LogP contribution >= 0.6 is 11.6 Å². The Morgan fingerprint density at radius 3 is 2.47 bits per heavy atom. The number of carbonyl (C=O) groups excluding carboxylic acids is 1. The van der Waals surface area contributed by atoms with Crippen molar-refractivity contribution >= 4 is 34.2 Å². The van der Waals surface area contributed by atoms with Gasteiger partial charge in [0.1, 0.15) is 23.9 Å². The van der Waals surface area contributed by atoms with Crippen LogP contribution in [0.25, 0.3) is 33.3 Å². The highest BCUT2D eigenvalue weighted by Crippen LogP contribution is 2.68. The molecule has 0 saturated heterocycles. The van der Waals surface area contributed by atoms with E-state index in [2.05, 4.69) is 20.6 Å². The molecule has 4 aromatic heterocycles. The highest BCUT2D eigenvalue weighted by atomic mass is 35.5. The zero-order valence-electron chi connectivity index (χ0n) is 27.7. The molecule has 53 heavy (non-hydrogen) atoms. The van der Waals surface area contributed by atoms with E-state index in [0.717, 1.165) is 12.1 Å². The molecule has 10 nitrogen and oxygen atoms in total. The summed E-state index contributed by atoms with van der Waals surface area (Å²) in [7, 11) is 3.34. The van der Waals surface area contributed by atoms with Gasteiger partial charge in [0.05, 0.1) is 39.6 Å². The third-order valence-electron chi connectivity index (χ3n) is 9.70. The normalized spacial score (nSPS) is 17.9. The quantitative estimate of drug-likeness (QED) is 0.160. The molecule has 0 aliphatic heterocycles. The molecular formula is C35H27ClF7N9O.